The maximum absolute atomic E-state index is 12.5. The average Bonchev–Trinajstić information content (AvgIpc) is 2.04. The third-order valence-corrected chi connectivity index (χ3v) is 1.66. The zero-order chi connectivity index (χ0) is 9.84. The van der Waals surface area contributed by atoms with Crippen LogP contribution < -0.4 is 10.6 Å². The molecule has 0 saturated heterocycles. The molecule has 0 saturated carbocycles. The Hall–Kier alpha value is -1.16. The van der Waals surface area contributed by atoms with Crippen molar-refractivity contribution >= 4 is 5.82 Å². The van der Waals surface area contributed by atoms with E-state index in [2.05, 4.69) is 4.98 Å². The van der Waals surface area contributed by atoms with E-state index in [1.54, 1.807) is 6.07 Å². The summed E-state index contributed by atoms with van der Waals surface area (Å²) in [7, 11) is 1.88. The Balaban J connectivity index is 2.66. The minimum atomic E-state index is -0.321. The topological polar surface area (TPSA) is 42.1 Å². The van der Waals surface area contributed by atoms with E-state index in [0.717, 1.165) is 5.82 Å². The summed E-state index contributed by atoms with van der Waals surface area (Å²) < 4.78 is 12.5. The molecule has 72 valence electrons. The summed E-state index contributed by atoms with van der Waals surface area (Å²) in [6, 6.07) is 3.11. The number of halogens is 1. The van der Waals surface area contributed by atoms with Crippen LogP contribution in [0.4, 0.5) is 10.2 Å². The minimum Gasteiger partial charge on any atom is -0.358 e. The number of likely N-dealkylation sites (N-methyl/N-ethyl adjacent to an activating group) is 1. The lowest BCUT2D eigenvalue weighted by Gasteiger charge is -2.19. The number of pyridine rings is 1. The van der Waals surface area contributed by atoms with Crippen LogP contribution in [0.15, 0.2) is 18.3 Å². The second-order valence-corrected chi connectivity index (χ2v) is 3.19. The van der Waals surface area contributed by atoms with E-state index < -0.39 is 0 Å². The zero-order valence-electron chi connectivity index (χ0n) is 7.87. The van der Waals surface area contributed by atoms with Gasteiger partial charge in [-0.2, -0.15) is 0 Å². The highest BCUT2D eigenvalue weighted by Gasteiger charge is 2.04. The largest absolute Gasteiger partial charge is 0.358 e. The summed E-state index contributed by atoms with van der Waals surface area (Å²) in [5.74, 6) is 0.414. The third kappa shape index (κ3) is 2.99. The molecule has 2 N–H and O–H groups in total. The van der Waals surface area contributed by atoms with Crippen LogP contribution in [0.1, 0.15) is 6.92 Å². The van der Waals surface area contributed by atoms with Crippen LogP contribution in [0.3, 0.4) is 0 Å². The molecule has 0 bridgehead atoms. The van der Waals surface area contributed by atoms with Crippen molar-refractivity contribution in [2.45, 2.75) is 13.0 Å². The van der Waals surface area contributed by atoms with Crippen LogP contribution in [-0.4, -0.2) is 24.6 Å². The van der Waals surface area contributed by atoms with Crippen LogP contribution in [0.5, 0.6) is 0 Å². The normalized spacial score (nSPS) is 12.6. The van der Waals surface area contributed by atoms with Crippen LogP contribution in [0.2, 0.25) is 0 Å². The Morgan fingerprint density at radius 1 is 1.62 bits per heavy atom. The molecule has 1 atom stereocenters. The first-order valence-electron chi connectivity index (χ1n) is 4.18. The van der Waals surface area contributed by atoms with Gasteiger partial charge in [-0.3, -0.25) is 0 Å². The Morgan fingerprint density at radius 2 is 2.31 bits per heavy atom. The molecule has 0 aliphatic rings. The molecule has 13 heavy (non-hydrogen) atoms. The Morgan fingerprint density at radius 3 is 2.77 bits per heavy atom. The molecule has 1 aromatic heterocycles. The van der Waals surface area contributed by atoms with Crippen molar-refractivity contribution in [3.8, 4) is 0 Å². The van der Waals surface area contributed by atoms with Crippen LogP contribution in [0, 0.1) is 5.82 Å². The first kappa shape index (κ1) is 9.92. The highest BCUT2D eigenvalue weighted by Crippen LogP contribution is 2.08. The maximum atomic E-state index is 12.5. The van der Waals surface area contributed by atoms with Gasteiger partial charge in [0.2, 0.25) is 0 Å². The molecule has 1 rings (SSSR count). The molecule has 1 unspecified atom stereocenters. The molecule has 0 radical (unpaired) electrons. The predicted molar refractivity (Wildman–Crippen MR) is 51.1 cm³/mol. The maximum Gasteiger partial charge on any atom is 0.141 e. The van der Waals surface area contributed by atoms with E-state index in [1.165, 1.54) is 12.3 Å². The molecule has 0 fully saturated rings. The highest BCUT2D eigenvalue weighted by molar-refractivity contribution is 5.36. The van der Waals surface area contributed by atoms with Gasteiger partial charge in [0, 0.05) is 19.6 Å². The Bertz CT molecular complexity index is 258. The quantitative estimate of drug-likeness (QED) is 0.760. The van der Waals surface area contributed by atoms with Gasteiger partial charge in [0.25, 0.3) is 0 Å². The smallest absolute Gasteiger partial charge is 0.141 e. The van der Waals surface area contributed by atoms with Crippen molar-refractivity contribution in [1.29, 1.82) is 0 Å². The van der Waals surface area contributed by atoms with E-state index in [9.17, 15) is 4.39 Å². The number of rotatable bonds is 3. The van der Waals surface area contributed by atoms with Crippen molar-refractivity contribution in [3.05, 3.63) is 24.1 Å². The fraction of sp³-hybridized carbons (Fsp3) is 0.444. The van der Waals surface area contributed by atoms with Crippen molar-refractivity contribution < 1.29 is 4.39 Å². The third-order valence-electron chi connectivity index (χ3n) is 1.66. The molecule has 1 heterocycles. The molecule has 0 spiro atoms. The summed E-state index contributed by atoms with van der Waals surface area (Å²) >= 11 is 0. The van der Waals surface area contributed by atoms with Gasteiger partial charge in [-0.05, 0) is 19.1 Å². The summed E-state index contributed by atoms with van der Waals surface area (Å²) in [6.07, 6.45) is 1.20. The van der Waals surface area contributed by atoms with Crippen molar-refractivity contribution in [3.63, 3.8) is 0 Å². The molecular formula is C9H14FN3. The molecule has 0 aromatic carbocycles. The van der Waals surface area contributed by atoms with Gasteiger partial charge in [-0.15, -0.1) is 0 Å². The fourth-order valence-corrected chi connectivity index (χ4v) is 1.12. The summed E-state index contributed by atoms with van der Waals surface area (Å²) in [4.78, 5) is 5.82. The van der Waals surface area contributed by atoms with E-state index in [1.807, 2.05) is 18.9 Å². The minimum absolute atomic E-state index is 0.0804. The molecule has 4 heteroatoms. The van der Waals surface area contributed by atoms with Crippen LogP contribution >= 0.6 is 0 Å². The van der Waals surface area contributed by atoms with Crippen molar-refractivity contribution in [2.75, 3.05) is 18.5 Å². The Kier molecular flexibility index (Phi) is 3.19. The van der Waals surface area contributed by atoms with Gasteiger partial charge in [-0.1, -0.05) is 0 Å². The molecule has 0 amide bonds. The van der Waals surface area contributed by atoms with Crippen LogP contribution in [-0.2, 0) is 0 Å². The van der Waals surface area contributed by atoms with Gasteiger partial charge in [0.15, 0.2) is 0 Å². The summed E-state index contributed by atoms with van der Waals surface area (Å²) in [6.45, 7) is 2.62. The van der Waals surface area contributed by atoms with E-state index in [-0.39, 0.29) is 11.9 Å². The monoisotopic (exact) mass is 183 g/mol. The van der Waals surface area contributed by atoms with Gasteiger partial charge < -0.3 is 10.6 Å². The van der Waals surface area contributed by atoms with Gasteiger partial charge in [-0.25, -0.2) is 9.37 Å². The van der Waals surface area contributed by atoms with Crippen molar-refractivity contribution in [2.24, 2.45) is 5.73 Å². The summed E-state index contributed by atoms with van der Waals surface area (Å²) in [5, 5.41) is 0. The zero-order valence-corrected chi connectivity index (χ0v) is 7.87. The van der Waals surface area contributed by atoms with Crippen LogP contribution in [0.25, 0.3) is 0 Å². The standard InChI is InChI=1S/C9H14FN3/c1-7(11)6-13(2)9-4-3-8(10)5-12-9/h3-5,7H,6,11H2,1-2H3. The number of anilines is 1. The van der Waals surface area contributed by atoms with E-state index in [4.69, 9.17) is 5.73 Å². The van der Waals surface area contributed by atoms with E-state index >= 15 is 0 Å². The van der Waals surface area contributed by atoms with Gasteiger partial charge in [0.05, 0.1) is 6.20 Å². The molecule has 1 aromatic rings. The lowest BCUT2D eigenvalue weighted by atomic mass is 10.3. The number of hydrogen-bond donors (Lipinski definition) is 1. The number of nitrogens with two attached hydrogens (primary N) is 1. The molecular weight excluding hydrogens is 169 g/mol. The highest BCUT2D eigenvalue weighted by atomic mass is 19.1. The predicted octanol–water partition coefficient (Wildman–Crippen LogP) is 1.00. The molecule has 3 nitrogen and oxygen atoms in total. The summed E-state index contributed by atoms with van der Waals surface area (Å²) in [5.41, 5.74) is 5.62. The average molecular weight is 183 g/mol. The number of aromatic nitrogens is 1. The second kappa shape index (κ2) is 4.18. The van der Waals surface area contributed by atoms with E-state index in [0.29, 0.717) is 6.54 Å². The number of nitrogens with zero attached hydrogens (tertiary/aromatic N) is 2. The lowest BCUT2D eigenvalue weighted by Crippen LogP contribution is -2.33. The molecule has 0 aliphatic heterocycles. The lowest BCUT2D eigenvalue weighted by molar-refractivity contribution is 0.620. The Labute approximate surface area is 77.4 Å². The second-order valence-electron chi connectivity index (χ2n) is 3.19. The first-order valence-corrected chi connectivity index (χ1v) is 4.18. The molecule has 0 aliphatic carbocycles. The first-order chi connectivity index (χ1) is 6.09. The van der Waals surface area contributed by atoms with Gasteiger partial charge >= 0.3 is 0 Å². The number of hydrogen-bond acceptors (Lipinski definition) is 3. The van der Waals surface area contributed by atoms with Gasteiger partial charge in [0.1, 0.15) is 11.6 Å². The van der Waals surface area contributed by atoms with Crippen molar-refractivity contribution in [1.82, 2.24) is 4.98 Å². The SMILES string of the molecule is CC(N)CN(C)c1ccc(F)cn1. The fourth-order valence-electron chi connectivity index (χ4n) is 1.12.